The molecule has 1 unspecified atom stereocenters. The van der Waals surface area contributed by atoms with Gasteiger partial charge in [0, 0.05) is 29.4 Å². The molecule has 3 aromatic rings. The maximum atomic E-state index is 14.6. The highest BCUT2D eigenvalue weighted by Gasteiger charge is 2.49. The Bertz CT molecular complexity index is 1130. The van der Waals surface area contributed by atoms with Gasteiger partial charge in [-0.05, 0) is 38.0 Å². The third-order valence-corrected chi connectivity index (χ3v) is 5.10. The molecule has 0 radical (unpaired) electrons. The van der Waals surface area contributed by atoms with Crippen LogP contribution >= 0.6 is 0 Å². The lowest BCUT2D eigenvalue weighted by atomic mass is 9.97. The minimum Gasteiger partial charge on any atom is -0.344 e. The van der Waals surface area contributed by atoms with Crippen molar-refractivity contribution in [3.63, 3.8) is 0 Å². The van der Waals surface area contributed by atoms with Gasteiger partial charge in [-0.2, -0.15) is 18.3 Å². The van der Waals surface area contributed by atoms with E-state index in [1.165, 1.54) is 36.7 Å². The molecule has 1 aliphatic rings. The van der Waals surface area contributed by atoms with E-state index in [1.54, 1.807) is 0 Å². The van der Waals surface area contributed by atoms with Crippen LogP contribution in [0.3, 0.4) is 0 Å². The Labute approximate surface area is 178 Å². The van der Waals surface area contributed by atoms with E-state index in [-0.39, 0.29) is 24.4 Å². The highest BCUT2D eigenvalue weighted by Crippen LogP contribution is 2.50. The minimum atomic E-state index is -4.89. The fourth-order valence-corrected chi connectivity index (χ4v) is 3.29. The van der Waals surface area contributed by atoms with E-state index in [0.29, 0.717) is 12.1 Å². The van der Waals surface area contributed by atoms with Crippen molar-refractivity contribution in [1.29, 1.82) is 0 Å². The Hall–Kier alpha value is -3.44. The van der Waals surface area contributed by atoms with Crippen LogP contribution in [-0.2, 0) is 12.1 Å². The molecule has 1 amide bonds. The zero-order valence-electron chi connectivity index (χ0n) is 16.6. The summed E-state index contributed by atoms with van der Waals surface area (Å²) < 4.78 is 70.5. The smallest absolute Gasteiger partial charge is 0.344 e. The summed E-state index contributed by atoms with van der Waals surface area (Å²) in [5.41, 5.74) is -2.39. The maximum Gasteiger partial charge on any atom is 0.416 e. The molecule has 1 saturated carbocycles. The number of aromatic nitrogens is 5. The SMILES string of the molecule is CC(NC(=O)c1cc(C(F)(F)F)cc(C(F)(F)C2CC2)c1)c1nccnc1-n1cncn1. The fraction of sp³-hybridized carbons (Fsp3) is 0.350. The second kappa shape index (κ2) is 7.92. The number of carbonyl (C=O) groups is 1. The summed E-state index contributed by atoms with van der Waals surface area (Å²) in [6, 6.07) is 0.954. The summed E-state index contributed by atoms with van der Waals surface area (Å²) in [5.74, 6) is -5.17. The fourth-order valence-electron chi connectivity index (χ4n) is 3.29. The first-order valence-electron chi connectivity index (χ1n) is 9.64. The van der Waals surface area contributed by atoms with Gasteiger partial charge in [-0.1, -0.05) is 0 Å². The van der Waals surface area contributed by atoms with Crippen molar-refractivity contribution in [3.8, 4) is 5.82 Å². The number of hydrogen-bond donors (Lipinski definition) is 1. The lowest BCUT2D eigenvalue weighted by Gasteiger charge is -2.20. The van der Waals surface area contributed by atoms with E-state index in [9.17, 15) is 26.7 Å². The summed E-state index contributed by atoms with van der Waals surface area (Å²) in [6.07, 6.45) is 0.957. The molecule has 12 heteroatoms. The topological polar surface area (TPSA) is 85.6 Å². The van der Waals surface area contributed by atoms with Crippen LogP contribution < -0.4 is 5.32 Å². The number of nitrogens with one attached hydrogen (secondary N) is 1. The molecule has 0 spiro atoms. The highest BCUT2D eigenvalue weighted by atomic mass is 19.4. The first-order chi connectivity index (χ1) is 15.1. The molecule has 7 nitrogen and oxygen atoms in total. The van der Waals surface area contributed by atoms with Crippen molar-refractivity contribution >= 4 is 5.91 Å². The Balaban J connectivity index is 1.65. The standard InChI is InChI=1S/C20H17F5N6O/c1-11(16-17(28-5-4-27-16)31-10-26-9-29-31)30-18(32)12-6-14(19(21,22)13-2-3-13)8-15(7-12)20(23,24)25/h4-11,13H,2-3H2,1H3,(H,30,32). The Kier molecular flexibility index (Phi) is 5.39. The van der Waals surface area contributed by atoms with Gasteiger partial charge in [-0.15, -0.1) is 0 Å². The molecular weight excluding hydrogens is 435 g/mol. The third-order valence-electron chi connectivity index (χ3n) is 5.10. The molecule has 0 saturated heterocycles. The van der Waals surface area contributed by atoms with Crippen LogP contribution in [0.5, 0.6) is 0 Å². The van der Waals surface area contributed by atoms with Gasteiger partial charge in [0.25, 0.3) is 11.8 Å². The highest BCUT2D eigenvalue weighted by molar-refractivity contribution is 5.95. The lowest BCUT2D eigenvalue weighted by molar-refractivity contribution is -0.137. The molecule has 168 valence electrons. The molecule has 1 aliphatic carbocycles. The van der Waals surface area contributed by atoms with E-state index in [4.69, 9.17) is 0 Å². The summed E-state index contributed by atoms with van der Waals surface area (Å²) in [7, 11) is 0. The van der Waals surface area contributed by atoms with Crippen LogP contribution in [0.15, 0.2) is 43.2 Å². The summed E-state index contributed by atoms with van der Waals surface area (Å²) in [6.45, 7) is 1.54. The summed E-state index contributed by atoms with van der Waals surface area (Å²) in [5, 5.41) is 6.45. The van der Waals surface area contributed by atoms with Crippen molar-refractivity contribution < 1.29 is 26.7 Å². The minimum absolute atomic E-state index is 0.222. The number of alkyl halides is 5. The normalized spacial score (nSPS) is 15.4. The van der Waals surface area contributed by atoms with E-state index in [1.807, 2.05) is 0 Å². The molecule has 0 bridgehead atoms. The summed E-state index contributed by atoms with van der Waals surface area (Å²) in [4.78, 5) is 24.9. The first kappa shape index (κ1) is 21.8. The second-order valence-corrected chi connectivity index (χ2v) is 7.49. The van der Waals surface area contributed by atoms with Crippen LogP contribution in [0.4, 0.5) is 22.0 Å². The zero-order valence-corrected chi connectivity index (χ0v) is 16.6. The molecule has 2 heterocycles. The summed E-state index contributed by atoms with van der Waals surface area (Å²) >= 11 is 0. The number of hydrogen-bond acceptors (Lipinski definition) is 5. The molecule has 0 aliphatic heterocycles. The number of halogens is 5. The van der Waals surface area contributed by atoms with Gasteiger partial charge in [-0.3, -0.25) is 9.78 Å². The van der Waals surface area contributed by atoms with Crippen LogP contribution in [0.1, 0.15) is 53.0 Å². The van der Waals surface area contributed by atoms with Gasteiger partial charge in [-0.25, -0.2) is 23.4 Å². The first-order valence-corrected chi connectivity index (χ1v) is 9.64. The van der Waals surface area contributed by atoms with Gasteiger partial charge < -0.3 is 5.32 Å². The number of amides is 1. The van der Waals surface area contributed by atoms with Gasteiger partial charge in [0.15, 0.2) is 5.82 Å². The van der Waals surface area contributed by atoms with Gasteiger partial charge in [0.2, 0.25) is 0 Å². The van der Waals surface area contributed by atoms with Crippen molar-refractivity contribution in [3.05, 3.63) is 65.6 Å². The number of benzene rings is 1. The predicted molar refractivity (Wildman–Crippen MR) is 101 cm³/mol. The molecule has 1 N–H and O–H groups in total. The lowest BCUT2D eigenvalue weighted by Crippen LogP contribution is -2.29. The number of nitrogens with zero attached hydrogens (tertiary/aromatic N) is 5. The van der Waals surface area contributed by atoms with Crippen molar-refractivity contribution in [2.45, 2.75) is 37.9 Å². The molecule has 2 aromatic heterocycles. The van der Waals surface area contributed by atoms with Gasteiger partial charge in [0.1, 0.15) is 18.3 Å². The van der Waals surface area contributed by atoms with Crippen molar-refractivity contribution in [1.82, 2.24) is 30.0 Å². The molecular formula is C20H17F5N6O. The third kappa shape index (κ3) is 4.30. The maximum absolute atomic E-state index is 14.6. The molecule has 32 heavy (non-hydrogen) atoms. The van der Waals surface area contributed by atoms with E-state index >= 15 is 0 Å². The van der Waals surface area contributed by atoms with Gasteiger partial charge in [0.05, 0.1) is 11.6 Å². The van der Waals surface area contributed by atoms with Crippen molar-refractivity contribution in [2.75, 3.05) is 0 Å². The Morgan fingerprint density at radius 3 is 2.41 bits per heavy atom. The molecule has 1 atom stereocenters. The van der Waals surface area contributed by atoms with Gasteiger partial charge >= 0.3 is 6.18 Å². The number of rotatable bonds is 6. The zero-order chi connectivity index (χ0) is 23.1. The quantitative estimate of drug-likeness (QED) is 0.570. The van der Waals surface area contributed by atoms with Crippen molar-refractivity contribution in [2.24, 2.45) is 5.92 Å². The van der Waals surface area contributed by atoms with Crippen LogP contribution in [0.25, 0.3) is 5.82 Å². The molecule has 1 fully saturated rings. The molecule has 1 aromatic carbocycles. The Morgan fingerprint density at radius 1 is 1.09 bits per heavy atom. The van der Waals surface area contributed by atoms with E-state index in [2.05, 4.69) is 25.4 Å². The average molecular weight is 452 g/mol. The monoisotopic (exact) mass is 452 g/mol. The molecule has 4 rings (SSSR count). The van der Waals surface area contributed by atoms with Crippen LogP contribution in [-0.4, -0.2) is 30.6 Å². The average Bonchev–Trinajstić information content (AvgIpc) is 3.48. The Morgan fingerprint density at radius 2 is 1.78 bits per heavy atom. The second-order valence-electron chi connectivity index (χ2n) is 7.49. The van der Waals surface area contributed by atoms with Crippen LogP contribution in [0, 0.1) is 5.92 Å². The van der Waals surface area contributed by atoms with E-state index < -0.39 is 46.7 Å². The van der Waals surface area contributed by atoms with E-state index in [0.717, 1.165) is 6.07 Å². The number of carbonyl (C=O) groups excluding carboxylic acids is 1. The van der Waals surface area contributed by atoms with Crippen LogP contribution in [0.2, 0.25) is 0 Å². The largest absolute Gasteiger partial charge is 0.416 e. The predicted octanol–water partition coefficient (Wildman–Crippen LogP) is 4.07.